The highest BCUT2D eigenvalue weighted by atomic mass is 16.2. The van der Waals surface area contributed by atoms with Gasteiger partial charge in [-0.05, 0) is 0 Å². The number of fused-ring (bicyclic) bond motifs is 1. The summed E-state index contributed by atoms with van der Waals surface area (Å²) in [6.45, 7) is 0. The lowest BCUT2D eigenvalue weighted by molar-refractivity contribution is 0.257. The van der Waals surface area contributed by atoms with E-state index in [2.05, 4.69) is 20.0 Å². The molecule has 2 amide bonds. The topological polar surface area (TPSA) is 66.5 Å². The molecule has 0 aliphatic carbocycles. The van der Waals surface area contributed by atoms with E-state index in [1.165, 1.54) is 12.6 Å². The van der Waals surface area contributed by atoms with Gasteiger partial charge in [-0.1, -0.05) is 0 Å². The SMILES string of the molecule is O=C1N=CC2=NC=NC2=N1. The largest absolute Gasteiger partial charge is 0.369 e. The van der Waals surface area contributed by atoms with Gasteiger partial charge in [-0.2, -0.15) is 9.98 Å². The lowest BCUT2D eigenvalue weighted by atomic mass is 10.3. The van der Waals surface area contributed by atoms with Crippen molar-refractivity contribution in [1.82, 2.24) is 0 Å². The summed E-state index contributed by atoms with van der Waals surface area (Å²) >= 11 is 0. The Balaban J connectivity index is 2.51. The molecule has 5 heteroatoms. The van der Waals surface area contributed by atoms with Crippen LogP contribution in [0, 0.1) is 0 Å². The maximum Gasteiger partial charge on any atom is 0.369 e. The first-order valence-electron chi connectivity index (χ1n) is 2.64. The van der Waals surface area contributed by atoms with Crippen molar-refractivity contribution in [3.63, 3.8) is 0 Å². The maximum atomic E-state index is 10.5. The van der Waals surface area contributed by atoms with Gasteiger partial charge in [0.25, 0.3) is 0 Å². The molecule has 0 aromatic carbocycles. The standard InChI is InChI=1S/C5H2N4O/c10-5-6-1-3-4(9-5)8-2-7-3/h1-2H. The number of amidine groups is 1. The van der Waals surface area contributed by atoms with Crippen LogP contribution in [0.25, 0.3) is 0 Å². The molecule has 0 saturated heterocycles. The Labute approximate surface area is 55.9 Å². The second-order valence-corrected chi connectivity index (χ2v) is 1.74. The molecule has 0 bridgehead atoms. The average Bonchev–Trinajstić information content (AvgIpc) is 2.33. The van der Waals surface area contributed by atoms with Crippen molar-refractivity contribution in [2.75, 3.05) is 0 Å². The van der Waals surface area contributed by atoms with Gasteiger partial charge < -0.3 is 0 Å². The Kier molecular flexibility index (Phi) is 0.858. The molecule has 0 spiro atoms. The molecule has 0 aromatic heterocycles. The number of urea groups is 1. The first-order chi connectivity index (χ1) is 4.86. The Bertz CT molecular complexity index is 310. The highest BCUT2D eigenvalue weighted by Crippen LogP contribution is 1.99. The number of carbonyl (C=O) groups excluding carboxylic acids is 1. The number of amides is 2. The summed E-state index contributed by atoms with van der Waals surface area (Å²) < 4.78 is 0. The number of hydrogen-bond acceptors (Lipinski definition) is 3. The summed E-state index contributed by atoms with van der Waals surface area (Å²) in [7, 11) is 0. The molecule has 0 fully saturated rings. The molecule has 2 heterocycles. The van der Waals surface area contributed by atoms with E-state index in [0.717, 1.165) is 0 Å². The molecule has 0 aromatic rings. The van der Waals surface area contributed by atoms with Crippen molar-refractivity contribution in [2.24, 2.45) is 20.0 Å². The van der Waals surface area contributed by atoms with Gasteiger partial charge in [0, 0.05) is 0 Å². The number of aliphatic imine (C=N–C) groups is 4. The summed E-state index contributed by atoms with van der Waals surface area (Å²) in [6.07, 6.45) is 2.70. The Morgan fingerprint density at radius 2 is 2.20 bits per heavy atom. The zero-order chi connectivity index (χ0) is 6.97. The first-order valence-corrected chi connectivity index (χ1v) is 2.64. The minimum atomic E-state index is -0.520. The van der Waals surface area contributed by atoms with Crippen molar-refractivity contribution in [3.05, 3.63) is 0 Å². The normalized spacial score (nSPS) is 20.6. The van der Waals surface area contributed by atoms with Crippen LogP contribution in [0.5, 0.6) is 0 Å². The molecule has 10 heavy (non-hydrogen) atoms. The maximum absolute atomic E-state index is 10.5. The van der Waals surface area contributed by atoms with Gasteiger partial charge in [0.05, 0.1) is 6.21 Å². The van der Waals surface area contributed by atoms with E-state index in [-0.39, 0.29) is 0 Å². The summed E-state index contributed by atoms with van der Waals surface area (Å²) in [5.41, 5.74) is 0.555. The Hall–Kier alpha value is -1.65. The Morgan fingerprint density at radius 1 is 1.30 bits per heavy atom. The highest BCUT2D eigenvalue weighted by Gasteiger charge is 2.15. The minimum Gasteiger partial charge on any atom is -0.244 e. The molecule has 2 rings (SSSR count). The zero-order valence-corrected chi connectivity index (χ0v) is 4.85. The van der Waals surface area contributed by atoms with Gasteiger partial charge in [0.15, 0.2) is 5.84 Å². The van der Waals surface area contributed by atoms with Crippen molar-refractivity contribution < 1.29 is 4.79 Å². The monoisotopic (exact) mass is 134 g/mol. The van der Waals surface area contributed by atoms with E-state index in [4.69, 9.17) is 0 Å². The third kappa shape index (κ3) is 0.604. The third-order valence-electron chi connectivity index (χ3n) is 1.10. The van der Waals surface area contributed by atoms with E-state index in [9.17, 15) is 4.79 Å². The van der Waals surface area contributed by atoms with Crippen LogP contribution in [0.2, 0.25) is 0 Å². The summed E-state index contributed by atoms with van der Waals surface area (Å²) in [4.78, 5) is 24.9. The van der Waals surface area contributed by atoms with E-state index >= 15 is 0 Å². The second kappa shape index (κ2) is 1.66. The van der Waals surface area contributed by atoms with Crippen molar-refractivity contribution in [2.45, 2.75) is 0 Å². The van der Waals surface area contributed by atoms with Gasteiger partial charge in [-0.15, -0.1) is 0 Å². The van der Waals surface area contributed by atoms with Gasteiger partial charge in [0.1, 0.15) is 12.1 Å². The number of rotatable bonds is 0. The predicted molar refractivity (Wildman–Crippen MR) is 37.3 cm³/mol. The predicted octanol–water partition coefficient (Wildman–Crippen LogP) is 0.0722. The first kappa shape index (κ1) is 5.16. The highest BCUT2D eigenvalue weighted by molar-refractivity contribution is 6.67. The lowest BCUT2D eigenvalue weighted by Crippen LogP contribution is -2.16. The lowest BCUT2D eigenvalue weighted by Gasteiger charge is -1.95. The fourth-order valence-electron chi connectivity index (χ4n) is 0.683. The molecule has 0 atom stereocenters. The van der Waals surface area contributed by atoms with Crippen molar-refractivity contribution in [1.29, 1.82) is 0 Å². The molecule has 0 unspecified atom stereocenters. The van der Waals surface area contributed by atoms with Crippen LogP contribution in [-0.4, -0.2) is 30.1 Å². The van der Waals surface area contributed by atoms with Gasteiger partial charge in [0.2, 0.25) is 0 Å². The van der Waals surface area contributed by atoms with Crippen LogP contribution >= 0.6 is 0 Å². The quantitative estimate of drug-likeness (QED) is 0.462. The molecule has 0 saturated carbocycles. The van der Waals surface area contributed by atoms with Crippen LogP contribution in [0.15, 0.2) is 20.0 Å². The summed E-state index contributed by atoms with van der Waals surface area (Å²) in [5.74, 6) is 0.361. The van der Waals surface area contributed by atoms with Crippen LogP contribution in [0.1, 0.15) is 0 Å². The number of carbonyl (C=O) groups is 1. The van der Waals surface area contributed by atoms with Crippen LogP contribution in [0.4, 0.5) is 4.79 Å². The van der Waals surface area contributed by atoms with Crippen molar-refractivity contribution in [3.8, 4) is 0 Å². The van der Waals surface area contributed by atoms with Crippen LogP contribution in [-0.2, 0) is 0 Å². The summed E-state index contributed by atoms with van der Waals surface area (Å²) in [5, 5.41) is 0. The molecular weight excluding hydrogens is 132 g/mol. The third-order valence-corrected chi connectivity index (χ3v) is 1.10. The van der Waals surface area contributed by atoms with E-state index in [0.29, 0.717) is 11.5 Å². The van der Waals surface area contributed by atoms with Crippen LogP contribution < -0.4 is 0 Å². The Morgan fingerprint density at radius 3 is 3.10 bits per heavy atom. The summed E-state index contributed by atoms with van der Waals surface area (Å²) in [6, 6.07) is -0.520. The second-order valence-electron chi connectivity index (χ2n) is 1.74. The molecule has 0 radical (unpaired) electrons. The van der Waals surface area contributed by atoms with E-state index in [1.807, 2.05) is 0 Å². The zero-order valence-electron chi connectivity index (χ0n) is 4.85. The van der Waals surface area contributed by atoms with Gasteiger partial charge in [-0.3, -0.25) is 0 Å². The number of hydrogen-bond donors (Lipinski definition) is 0. The minimum absolute atomic E-state index is 0.361. The molecule has 2 aliphatic heterocycles. The van der Waals surface area contributed by atoms with E-state index < -0.39 is 6.03 Å². The van der Waals surface area contributed by atoms with Crippen LogP contribution in [0.3, 0.4) is 0 Å². The molecule has 5 nitrogen and oxygen atoms in total. The molecule has 2 aliphatic rings. The van der Waals surface area contributed by atoms with Crippen molar-refractivity contribution >= 4 is 30.1 Å². The average molecular weight is 134 g/mol. The molecule has 0 N–H and O–H groups in total. The fourth-order valence-corrected chi connectivity index (χ4v) is 0.683. The van der Waals surface area contributed by atoms with Gasteiger partial charge >= 0.3 is 6.03 Å². The number of nitrogens with zero attached hydrogens (tertiary/aromatic N) is 4. The van der Waals surface area contributed by atoms with E-state index in [1.54, 1.807) is 0 Å². The van der Waals surface area contributed by atoms with Gasteiger partial charge in [-0.25, -0.2) is 14.8 Å². The molecule has 48 valence electrons. The smallest absolute Gasteiger partial charge is 0.244 e. The fraction of sp³-hybridized carbons (Fsp3) is 0. The molecular formula is C5H2N4O.